The van der Waals surface area contributed by atoms with E-state index < -0.39 is 6.03 Å². The number of ether oxygens (including phenoxy) is 1. The van der Waals surface area contributed by atoms with Crippen molar-refractivity contribution in [1.82, 2.24) is 4.90 Å². The quantitative estimate of drug-likeness (QED) is 0.895. The molecule has 2 N–H and O–H groups in total. The first-order valence-corrected chi connectivity index (χ1v) is 9.76. The molecule has 0 unspecified atom stereocenters. The van der Waals surface area contributed by atoms with Crippen LogP contribution in [-0.4, -0.2) is 37.2 Å². The van der Waals surface area contributed by atoms with Crippen molar-refractivity contribution in [2.75, 3.05) is 25.1 Å². The first-order chi connectivity index (χ1) is 13.2. The zero-order valence-corrected chi connectivity index (χ0v) is 15.9. The monoisotopic (exact) mass is 365 g/mol. The number of hydrogen-bond acceptors (Lipinski definition) is 3. The van der Waals surface area contributed by atoms with Gasteiger partial charge >= 0.3 is 6.03 Å². The third kappa shape index (κ3) is 3.52. The molecule has 142 valence electrons. The molecule has 4 rings (SSSR count). The average molecular weight is 365 g/mol. The number of anilines is 2. The summed E-state index contributed by atoms with van der Waals surface area (Å²) in [6.45, 7) is 2.22. The summed E-state index contributed by atoms with van der Waals surface area (Å²) >= 11 is 0. The summed E-state index contributed by atoms with van der Waals surface area (Å²) in [4.78, 5) is 16.4. The lowest BCUT2D eigenvalue weighted by Gasteiger charge is -2.36. The van der Waals surface area contributed by atoms with Crippen molar-refractivity contribution in [3.63, 3.8) is 0 Å². The highest BCUT2D eigenvalue weighted by atomic mass is 16.5. The Labute approximate surface area is 160 Å². The van der Waals surface area contributed by atoms with Crippen LogP contribution in [0.1, 0.15) is 30.4 Å². The van der Waals surface area contributed by atoms with E-state index >= 15 is 0 Å². The van der Waals surface area contributed by atoms with Crippen LogP contribution in [0.4, 0.5) is 16.2 Å². The van der Waals surface area contributed by atoms with E-state index in [-0.39, 0.29) is 0 Å². The summed E-state index contributed by atoms with van der Waals surface area (Å²) in [7, 11) is 1.60. The Kier molecular flexibility index (Phi) is 5.03. The zero-order chi connectivity index (χ0) is 18.8. The Morgan fingerprint density at radius 2 is 1.85 bits per heavy atom. The van der Waals surface area contributed by atoms with Crippen molar-refractivity contribution in [3.8, 4) is 5.75 Å². The maximum atomic E-state index is 12.3. The molecular weight excluding hydrogens is 338 g/mol. The molecule has 0 radical (unpaired) electrons. The van der Waals surface area contributed by atoms with Gasteiger partial charge in [-0.1, -0.05) is 24.6 Å². The van der Waals surface area contributed by atoms with E-state index in [0.29, 0.717) is 11.4 Å². The predicted octanol–water partition coefficient (Wildman–Crippen LogP) is 3.87. The Morgan fingerprint density at radius 3 is 2.52 bits per heavy atom. The molecule has 1 aliphatic carbocycles. The van der Waals surface area contributed by atoms with Gasteiger partial charge in [0.15, 0.2) is 0 Å². The summed E-state index contributed by atoms with van der Waals surface area (Å²) in [5.74, 6) is 0.627. The van der Waals surface area contributed by atoms with Crippen LogP contribution in [0, 0.1) is 0 Å². The number of fused-ring (bicyclic) bond motifs is 1. The van der Waals surface area contributed by atoms with Crippen LogP contribution in [0.3, 0.4) is 0 Å². The smallest absolute Gasteiger partial charge is 0.324 e. The standard InChI is InChI=1S/C22H27N3O2/c1-27-21-8-3-2-7-20(21)25(22(23)26)19-10-9-16-11-13-24(18-5-4-6-18)14-12-17(16)15-19/h2-3,7-10,15,18H,4-6,11-14H2,1H3,(H2,23,26). The second kappa shape index (κ2) is 7.61. The number of urea groups is 1. The van der Waals surface area contributed by atoms with Gasteiger partial charge in [-0.3, -0.25) is 9.80 Å². The number of benzene rings is 2. The SMILES string of the molecule is COc1ccccc1N(C(N)=O)c1ccc2c(c1)CCN(C1CCC1)CC2. The molecule has 1 fully saturated rings. The molecule has 5 heteroatoms. The molecule has 2 aromatic carbocycles. The number of hydrogen-bond donors (Lipinski definition) is 1. The molecule has 0 saturated heterocycles. The summed E-state index contributed by atoms with van der Waals surface area (Å²) in [5, 5.41) is 0. The highest BCUT2D eigenvalue weighted by Crippen LogP contribution is 2.35. The summed E-state index contributed by atoms with van der Waals surface area (Å²) in [6, 6.07) is 14.0. The topological polar surface area (TPSA) is 58.8 Å². The van der Waals surface area contributed by atoms with Crippen molar-refractivity contribution in [3.05, 3.63) is 53.6 Å². The molecule has 1 heterocycles. The van der Waals surface area contributed by atoms with Crippen LogP contribution < -0.4 is 15.4 Å². The third-order valence-corrected chi connectivity index (χ3v) is 5.92. The van der Waals surface area contributed by atoms with E-state index in [1.165, 1.54) is 35.3 Å². The first-order valence-electron chi connectivity index (χ1n) is 9.76. The molecule has 2 aromatic rings. The number of para-hydroxylation sites is 2. The van der Waals surface area contributed by atoms with Gasteiger partial charge in [0, 0.05) is 19.1 Å². The summed E-state index contributed by atoms with van der Waals surface area (Å²) in [5.41, 5.74) is 9.90. The fourth-order valence-electron chi connectivity index (χ4n) is 4.18. The number of nitrogens with zero attached hydrogens (tertiary/aromatic N) is 2. The van der Waals surface area contributed by atoms with Crippen molar-refractivity contribution < 1.29 is 9.53 Å². The highest BCUT2D eigenvalue weighted by Gasteiger charge is 2.27. The van der Waals surface area contributed by atoms with Gasteiger partial charge in [0.25, 0.3) is 0 Å². The van der Waals surface area contributed by atoms with Crippen LogP contribution in [0.2, 0.25) is 0 Å². The number of nitrogens with two attached hydrogens (primary N) is 1. The third-order valence-electron chi connectivity index (χ3n) is 5.92. The number of carbonyl (C=O) groups is 1. The predicted molar refractivity (Wildman–Crippen MR) is 108 cm³/mol. The molecule has 2 amide bonds. The molecule has 1 aliphatic heterocycles. The lowest BCUT2D eigenvalue weighted by molar-refractivity contribution is 0.133. The van der Waals surface area contributed by atoms with E-state index in [1.807, 2.05) is 30.3 Å². The number of carbonyl (C=O) groups excluding carboxylic acids is 1. The zero-order valence-electron chi connectivity index (χ0n) is 15.9. The Morgan fingerprint density at radius 1 is 1.11 bits per heavy atom. The number of primary amides is 1. The van der Waals surface area contributed by atoms with Gasteiger partial charge in [0.2, 0.25) is 0 Å². The van der Waals surface area contributed by atoms with Crippen molar-refractivity contribution >= 4 is 17.4 Å². The number of rotatable bonds is 4. The van der Waals surface area contributed by atoms with Gasteiger partial charge in [-0.05, 0) is 61.1 Å². The average Bonchev–Trinajstić information content (AvgIpc) is 2.83. The van der Waals surface area contributed by atoms with E-state index in [0.717, 1.165) is 37.7 Å². The highest BCUT2D eigenvalue weighted by molar-refractivity contribution is 6.00. The summed E-state index contributed by atoms with van der Waals surface area (Å²) in [6.07, 6.45) is 6.12. The van der Waals surface area contributed by atoms with Gasteiger partial charge < -0.3 is 10.5 Å². The second-order valence-corrected chi connectivity index (χ2v) is 7.42. The van der Waals surface area contributed by atoms with Crippen LogP contribution in [0.5, 0.6) is 5.75 Å². The normalized spacial score (nSPS) is 17.5. The van der Waals surface area contributed by atoms with Crippen LogP contribution in [0.25, 0.3) is 0 Å². The molecule has 0 spiro atoms. The van der Waals surface area contributed by atoms with Crippen LogP contribution >= 0.6 is 0 Å². The van der Waals surface area contributed by atoms with Crippen LogP contribution in [0.15, 0.2) is 42.5 Å². The van der Waals surface area contributed by atoms with E-state index in [9.17, 15) is 4.79 Å². The van der Waals surface area contributed by atoms with Crippen molar-refractivity contribution in [1.29, 1.82) is 0 Å². The Bertz CT molecular complexity index is 832. The number of amides is 2. The molecule has 1 saturated carbocycles. The van der Waals surface area contributed by atoms with Gasteiger partial charge in [0.05, 0.1) is 18.5 Å². The lowest BCUT2D eigenvalue weighted by atomic mass is 9.91. The fourth-order valence-corrected chi connectivity index (χ4v) is 4.18. The lowest BCUT2D eigenvalue weighted by Crippen LogP contribution is -2.41. The largest absolute Gasteiger partial charge is 0.495 e. The number of methoxy groups -OCH3 is 1. The molecule has 0 aromatic heterocycles. The molecular formula is C22H27N3O2. The maximum absolute atomic E-state index is 12.3. The maximum Gasteiger partial charge on any atom is 0.324 e. The van der Waals surface area contributed by atoms with Crippen molar-refractivity contribution in [2.45, 2.75) is 38.1 Å². The molecule has 27 heavy (non-hydrogen) atoms. The van der Waals surface area contributed by atoms with Gasteiger partial charge in [0.1, 0.15) is 5.75 Å². The van der Waals surface area contributed by atoms with E-state index in [2.05, 4.69) is 17.0 Å². The molecule has 0 atom stereocenters. The van der Waals surface area contributed by atoms with E-state index in [1.54, 1.807) is 7.11 Å². The molecule has 0 bridgehead atoms. The van der Waals surface area contributed by atoms with E-state index in [4.69, 9.17) is 10.5 Å². The fraction of sp³-hybridized carbons (Fsp3) is 0.409. The minimum Gasteiger partial charge on any atom is -0.495 e. The van der Waals surface area contributed by atoms with Gasteiger partial charge in [-0.15, -0.1) is 0 Å². The minimum absolute atomic E-state index is 0.510. The Balaban J connectivity index is 1.64. The summed E-state index contributed by atoms with van der Waals surface area (Å²) < 4.78 is 5.43. The molecule has 2 aliphatic rings. The first kappa shape index (κ1) is 17.9. The minimum atomic E-state index is -0.510. The van der Waals surface area contributed by atoms with Crippen molar-refractivity contribution in [2.24, 2.45) is 5.73 Å². The molecule has 5 nitrogen and oxygen atoms in total. The van der Waals surface area contributed by atoms with Crippen LogP contribution in [-0.2, 0) is 12.8 Å². The van der Waals surface area contributed by atoms with Gasteiger partial charge in [-0.2, -0.15) is 0 Å². The van der Waals surface area contributed by atoms with Gasteiger partial charge in [-0.25, -0.2) is 4.79 Å². The Hall–Kier alpha value is -2.53. The second-order valence-electron chi connectivity index (χ2n) is 7.42.